The van der Waals surface area contributed by atoms with Gasteiger partial charge in [0, 0.05) is 28.3 Å². The van der Waals surface area contributed by atoms with E-state index in [0.717, 1.165) is 21.7 Å². The number of aliphatic imine (C=N–C) groups is 1. The van der Waals surface area contributed by atoms with Gasteiger partial charge in [-0.1, -0.05) is 0 Å². The van der Waals surface area contributed by atoms with Gasteiger partial charge in [-0.2, -0.15) is 0 Å². The van der Waals surface area contributed by atoms with E-state index in [2.05, 4.69) is 25.9 Å². The number of carbonyl (C=O) groups excluding carboxylic acids is 1. The Balaban J connectivity index is 1.81. The van der Waals surface area contributed by atoms with Crippen molar-refractivity contribution in [3.05, 3.63) is 39.0 Å². The molecule has 0 aromatic carbocycles. The molecule has 1 amide bonds. The molecule has 130 valence electrons. The van der Waals surface area contributed by atoms with Gasteiger partial charge in [-0.15, -0.1) is 11.3 Å². The highest BCUT2D eigenvalue weighted by Gasteiger charge is 2.56. The summed E-state index contributed by atoms with van der Waals surface area (Å²) in [5.74, 6) is -0.455. The van der Waals surface area contributed by atoms with Crippen LogP contribution in [0.4, 0.5) is 10.3 Å². The molecule has 2 aliphatic heterocycles. The normalized spacial score (nSPS) is 26.0. The zero-order valence-electron chi connectivity index (χ0n) is 13.2. The second-order valence-electron chi connectivity index (χ2n) is 6.06. The Morgan fingerprint density at radius 1 is 1.44 bits per heavy atom. The van der Waals surface area contributed by atoms with Crippen LogP contribution in [0.15, 0.2) is 33.3 Å². The summed E-state index contributed by atoms with van der Waals surface area (Å²) in [4.78, 5) is 29.8. The van der Waals surface area contributed by atoms with Crippen LogP contribution in [0.3, 0.4) is 0 Å². The minimum atomic E-state index is -0.790. The fourth-order valence-electron chi connectivity index (χ4n) is 3.32. The molecule has 4 rings (SSSR count). The number of nitrogens with two attached hydrogens (primary N) is 1. The van der Waals surface area contributed by atoms with E-state index in [1.54, 1.807) is 7.05 Å². The van der Waals surface area contributed by atoms with Crippen LogP contribution in [0, 0.1) is 11.7 Å². The summed E-state index contributed by atoms with van der Waals surface area (Å²) in [6.07, 6.45) is 2.23. The van der Waals surface area contributed by atoms with Crippen molar-refractivity contribution in [1.29, 1.82) is 0 Å². The monoisotopic (exact) mass is 424 g/mol. The van der Waals surface area contributed by atoms with Crippen molar-refractivity contribution >= 4 is 45.1 Å². The van der Waals surface area contributed by atoms with Crippen LogP contribution in [0.2, 0.25) is 0 Å². The van der Waals surface area contributed by atoms with Gasteiger partial charge >= 0.3 is 0 Å². The van der Waals surface area contributed by atoms with Crippen molar-refractivity contribution in [3.63, 3.8) is 0 Å². The number of hydrogen-bond acceptors (Lipinski definition) is 7. The van der Waals surface area contributed by atoms with Crippen LogP contribution < -0.4 is 10.6 Å². The van der Waals surface area contributed by atoms with Crippen LogP contribution in [-0.2, 0) is 10.3 Å². The third-order valence-corrected chi connectivity index (χ3v) is 6.44. The molecule has 0 saturated carbocycles. The van der Waals surface area contributed by atoms with Gasteiger partial charge in [-0.25, -0.2) is 19.4 Å². The number of aromatic nitrogens is 2. The van der Waals surface area contributed by atoms with Crippen LogP contribution in [0.5, 0.6) is 0 Å². The maximum atomic E-state index is 13.1. The Labute approximate surface area is 155 Å². The first-order valence-electron chi connectivity index (χ1n) is 7.50. The lowest BCUT2D eigenvalue weighted by Gasteiger charge is -2.36. The largest absolute Gasteiger partial charge is 0.369 e. The number of carbonyl (C=O) groups is 1. The molecule has 2 atom stereocenters. The summed E-state index contributed by atoms with van der Waals surface area (Å²) in [5.41, 5.74) is 5.22. The molecule has 25 heavy (non-hydrogen) atoms. The van der Waals surface area contributed by atoms with E-state index >= 15 is 0 Å². The van der Waals surface area contributed by atoms with Crippen molar-refractivity contribution in [2.45, 2.75) is 5.54 Å². The Morgan fingerprint density at radius 3 is 2.80 bits per heavy atom. The minimum absolute atomic E-state index is 0.0957. The zero-order valence-corrected chi connectivity index (χ0v) is 15.6. The molecule has 0 radical (unpaired) electrons. The van der Waals surface area contributed by atoms with Gasteiger partial charge in [-0.3, -0.25) is 9.69 Å². The van der Waals surface area contributed by atoms with Crippen LogP contribution >= 0.6 is 27.3 Å². The molecule has 10 heteroatoms. The molecule has 2 aromatic heterocycles. The summed E-state index contributed by atoms with van der Waals surface area (Å²) >= 11 is 4.98. The van der Waals surface area contributed by atoms with Gasteiger partial charge < -0.3 is 10.6 Å². The molecule has 2 N–H and O–H groups in total. The van der Waals surface area contributed by atoms with Crippen LogP contribution in [0.1, 0.15) is 4.88 Å². The summed E-state index contributed by atoms with van der Waals surface area (Å²) in [7, 11) is 1.62. The third-order valence-electron chi connectivity index (χ3n) is 4.58. The fourth-order valence-corrected chi connectivity index (χ4v) is 4.94. The number of nitrogens with zero attached hydrogens (tertiary/aromatic N) is 5. The molecule has 2 aliphatic rings. The van der Waals surface area contributed by atoms with Gasteiger partial charge in [0.25, 0.3) is 0 Å². The number of anilines is 1. The van der Waals surface area contributed by atoms with E-state index in [9.17, 15) is 9.18 Å². The van der Waals surface area contributed by atoms with Crippen molar-refractivity contribution in [2.24, 2.45) is 16.6 Å². The molecule has 1 fully saturated rings. The first-order chi connectivity index (χ1) is 11.9. The number of thiophene rings is 1. The lowest BCUT2D eigenvalue weighted by Crippen LogP contribution is -2.54. The highest BCUT2D eigenvalue weighted by atomic mass is 79.9. The van der Waals surface area contributed by atoms with Crippen molar-refractivity contribution in [3.8, 4) is 0 Å². The standard InChI is InChI=1S/C15H14BrFN6OS/c1-22-12(24)10-5-23(14-19-3-9(17)4-20-14)7-15(10,21-13(22)18)11-2-8(16)6-25-11/h2-4,6,10H,5,7H2,1H3,(H2,18,21)/t10-,15-/m0/s1. The van der Waals surface area contributed by atoms with E-state index < -0.39 is 17.3 Å². The molecular formula is C15H14BrFN6OS. The average Bonchev–Trinajstić information content (AvgIpc) is 3.18. The summed E-state index contributed by atoms with van der Waals surface area (Å²) in [6, 6.07) is 1.96. The smallest absolute Gasteiger partial charge is 0.236 e. The Bertz CT molecular complexity index is 871. The molecule has 0 spiro atoms. The van der Waals surface area contributed by atoms with E-state index in [1.807, 2.05) is 16.3 Å². The van der Waals surface area contributed by atoms with Gasteiger partial charge in [0.15, 0.2) is 11.8 Å². The summed E-state index contributed by atoms with van der Waals surface area (Å²) in [6.45, 7) is 0.789. The molecule has 0 aliphatic carbocycles. The minimum Gasteiger partial charge on any atom is -0.369 e. The summed E-state index contributed by atoms with van der Waals surface area (Å²) in [5, 5.41) is 1.95. The highest BCUT2D eigenvalue weighted by Crippen LogP contribution is 2.47. The topological polar surface area (TPSA) is 87.7 Å². The van der Waals surface area contributed by atoms with Gasteiger partial charge in [-0.05, 0) is 22.0 Å². The molecule has 7 nitrogen and oxygen atoms in total. The van der Waals surface area contributed by atoms with Crippen molar-refractivity contribution in [1.82, 2.24) is 14.9 Å². The predicted octanol–water partition coefficient (Wildman–Crippen LogP) is 1.56. The summed E-state index contributed by atoms with van der Waals surface area (Å²) < 4.78 is 14.1. The third kappa shape index (κ3) is 2.51. The number of rotatable bonds is 2. The SMILES string of the molecule is CN1C(=O)[C@@H]2CN(c3ncc(F)cn3)C[C@]2(c2cc(Br)cs2)N=C1N. The maximum Gasteiger partial charge on any atom is 0.236 e. The van der Waals surface area contributed by atoms with E-state index in [-0.39, 0.29) is 11.9 Å². The number of amides is 1. The first-order valence-corrected chi connectivity index (χ1v) is 9.18. The van der Waals surface area contributed by atoms with Crippen molar-refractivity contribution in [2.75, 3.05) is 25.0 Å². The molecule has 0 bridgehead atoms. The second kappa shape index (κ2) is 5.73. The predicted molar refractivity (Wildman–Crippen MR) is 95.8 cm³/mol. The Hall–Kier alpha value is -2.07. The Kier molecular flexibility index (Phi) is 3.76. The lowest BCUT2D eigenvalue weighted by atomic mass is 9.84. The van der Waals surface area contributed by atoms with E-state index in [1.165, 1.54) is 16.2 Å². The molecule has 0 unspecified atom stereocenters. The maximum absolute atomic E-state index is 13.1. The number of hydrogen-bond donors (Lipinski definition) is 1. The highest BCUT2D eigenvalue weighted by molar-refractivity contribution is 9.10. The van der Waals surface area contributed by atoms with Crippen LogP contribution in [-0.4, -0.2) is 46.9 Å². The number of fused-ring (bicyclic) bond motifs is 1. The zero-order chi connectivity index (χ0) is 17.8. The lowest BCUT2D eigenvalue weighted by molar-refractivity contribution is -0.132. The first kappa shape index (κ1) is 16.4. The molecular weight excluding hydrogens is 411 g/mol. The molecule has 2 aromatic rings. The second-order valence-corrected chi connectivity index (χ2v) is 7.88. The van der Waals surface area contributed by atoms with Gasteiger partial charge in [0.2, 0.25) is 11.9 Å². The van der Waals surface area contributed by atoms with Gasteiger partial charge in [0.05, 0.1) is 24.9 Å². The van der Waals surface area contributed by atoms with Crippen LogP contribution in [0.25, 0.3) is 0 Å². The molecule has 4 heterocycles. The molecule has 1 saturated heterocycles. The van der Waals surface area contributed by atoms with E-state index in [0.29, 0.717) is 19.0 Å². The van der Waals surface area contributed by atoms with Crippen molar-refractivity contribution < 1.29 is 9.18 Å². The van der Waals surface area contributed by atoms with E-state index in [4.69, 9.17) is 10.7 Å². The number of halogens is 2. The quantitative estimate of drug-likeness (QED) is 0.789. The fraction of sp³-hybridized carbons (Fsp3) is 0.333. The average molecular weight is 425 g/mol. The Morgan fingerprint density at radius 2 is 2.16 bits per heavy atom. The number of guanidine groups is 1. The van der Waals surface area contributed by atoms with Gasteiger partial charge in [0.1, 0.15) is 5.54 Å².